The van der Waals surface area contributed by atoms with Gasteiger partial charge in [-0.2, -0.15) is 0 Å². The van der Waals surface area contributed by atoms with Crippen molar-refractivity contribution in [2.45, 2.75) is 19.3 Å². The van der Waals surface area contributed by atoms with Crippen LogP contribution in [0.2, 0.25) is 0 Å². The molecule has 7 aromatic carbocycles. The third-order valence-electron chi connectivity index (χ3n) is 10.9. The molecule has 0 saturated carbocycles. The van der Waals surface area contributed by atoms with Gasteiger partial charge in [0.2, 0.25) is 0 Å². The fraction of sp³-hybridized carbons (Fsp3) is 0.0625. The monoisotopic (exact) mass is 696 g/mol. The summed E-state index contributed by atoms with van der Waals surface area (Å²) in [5.41, 5.74) is 10.8. The van der Waals surface area contributed by atoms with Gasteiger partial charge in [-0.15, -0.1) is 0 Å². The van der Waals surface area contributed by atoms with Gasteiger partial charge in [-0.25, -0.2) is 15.0 Å². The molecule has 3 heterocycles. The molecule has 6 heteroatoms. The first-order chi connectivity index (χ1) is 26.5. The predicted octanol–water partition coefficient (Wildman–Crippen LogP) is 12.2. The van der Waals surface area contributed by atoms with Gasteiger partial charge in [-0.3, -0.25) is 0 Å². The quantitative estimate of drug-likeness (QED) is 0.183. The number of nitrogens with zero attached hydrogens (tertiary/aromatic N) is 4. The molecule has 0 spiro atoms. The van der Waals surface area contributed by atoms with Crippen LogP contribution in [0, 0.1) is 0 Å². The number of para-hydroxylation sites is 2. The molecule has 0 atom stereocenters. The zero-order valence-corrected chi connectivity index (χ0v) is 29.6. The van der Waals surface area contributed by atoms with E-state index in [1.54, 1.807) is 0 Å². The lowest BCUT2D eigenvalue weighted by atomic mass is 9.82. The van der Waals surface area contributed by atoms with Crippen molar-refractivity contribution in [3.8, 4) is 74.0 Å². The second-order valence-corrected chi connectivity index (χ2v) is 14.5. The Labute approximate surface area is 312 Å². The van der Waals surface area contributed by atoms with Crippen LogP contribution in [0.25, 0.3) is 72.8 Å². The van der Waals surface area contributed by atoms with Crippen LogP contribution >= 0.6 is 0 Å². The van der Waals surface area contributed by atoms with E-state index in [0.717, 1.165) is 22.4 Å². The molecule has 2 aromatic heterocycles. The van der Waals surface area contributed by atoms with E-state index in [1.807, 2.05) is 48.5 Å². The molecular weight excluding hydrogens is 665 g/mol. The number of benzene rings is 7. The van der Waals surface area contributed by atoms with E-state index >= 15 is 0 Å². The van der Waals surface area contributed by atoms with E-state index in [2.05, 4.69) is 128 Å². The molecule has 256 valence electrons. The summed E-state index contributed by atoms with van der Waals surface area (Å²) in [7, 11) is 0. The first-order valence-electron chi connectivity index (χ1n) is 18.2. The fourth-order valence-corrected chi connectivity index (χ4v) is 8.23. The maximum atomic E-state index is 6.60. The summed E-state index contributed by atoms with van der Waals surface area (Å²) in [6.07, 6.45) is 0. The van der Waals surface area contributed by atoms with Crippen molar-refractivity contribution >= 4 is 21.8 Å². The molecule has 6 nitrogen and oxygen atoms in total. The largest absolute Gasteiger partial charge is 0.449 e. The Morgan fingerprint density at radius 1 is 0.426 bits per heavy atom. The molecule has 11 rings (SSSR count). The van der Waals surface area contributed by atoms with Crippen LogP contribution in [-0.4, -0.2) is 19.5 Å². The number of rotatable bonds is 4. The molecule has 9 aromatic rings. The molecule has 2 aliphatic rings. The van der Waals surface area contributed by atoms with Gasteiger partial charge in [0.05, 0.1) is 11.0 Å². The molecule has 0 N–H and O–H groups in total. The van der Waals surface area contributed by atoms with E-state index in [9.17, 15) is 0 Å². The van der Waals surface area contributed by atoms with E-state index < -0.39 is 0 Å². The van der Waals surface area contributed by atoms with Gasteiger partial charge in [0, 0.05) is 38.6 Å². The highest BCUT2D eigenvalue weighted by Gasteiger charge is 2.37. The smallest absolute Gasteiger partial charge is 0.170 e. The lowest BCUT2D eigenvalue weighted by Gasteiger charge is -2.25. The normalized spacial score (nSPS) is 13.4. The Morgan fingerprint density at radius 2 is 0.963 bits per heavy atom. The predicted molar refractivity (Wildman–Crippen MR) is 215 cm³/mol. The van der Waals surface area contributed by atoms with Crippen molar-refractivity contribution < 1.29 is 9.47 Å². The van der Waals surface area contributed by atoms with E-state index in [4.69, 9.17) is 24.4 Å². The van der Waals surface area contributed by atoms with Gasteiger partial charge < -0.3 is 14.0 Å². The lowest BCUT2D eigenvalue weighted by molar-refractivity contribution is 0.359. The van der Waals surface area contributed by atoms with Crippen molar-refractivity contribution in [2.75, 3.05) is 0 Å². The SMILES string of the molecule is CC1(C)c2ccccc2-c2cc3c(cc21)Oc1cc(-c2nc(-c4ccccc4)nc(-c4ccc(-n5c6ccccc6c6ccccc65)cc4)n2)ccc1O3. The fourth-order valence-electron chi connectivity index (χ4n) is 8.23. The Kier molecular flexibility index (Phi) is 6.49. The van der Waals surface area contributed by atoms with Gasteiger partial charge in [-0.1, -0.05) is 105 Å². The molecule has 0 saturated heterocycles. The van der Waals surface area contributed by atoms with Crippen molar-refractivity contribution in [3.05, 3.63) is 169 Å². The summed E-state index contributed by atoms with van der Waals surface area (Å²) in [6, 6.07) is 54.3. The minimum Gasteiger partial charge on any atom is -0.449 e. The highest BCUT2D eigenvalue weighted by molar-refractivity contribution is 6.09. The van der Waals surface area contributed by atoms with Crippen LogP contribution in [0.3, 0.4) is 0 Å². The average Bonchev–Trinajstić information content (AvgIpc) is 3.67. The Morgan fingerprint density at radius 3 is 1.69 bits per heavy atom. The average molecular weight is 697 g/mol. The molecule has 0 unspecified atom stereocenters. The molecule has 0 fully saturated rings. The summed E-state index contributed by atoms with van der Waals surface area (Å²) >= 11 is 0. The topological polar surface area (TPSA) is 62.1 Å². The van der Waals surface area contributed by atoms with Gasteiger partial charge >= 0.3 is 0 Å². The second-order valence-electron chi connectivity index (χ2n) is 14.5. The van der Waals surface area contributed by atoms with Gasteiger partial charge in [0.15, 0.2) is 40.5 Å². The van der Waals surface area contributed by atoms with Crippen molar-refractivity contribution in [1.29, 1.82) is 0 Å². The number of aromatic nitrogens is 4. The molecule has 0 bridgehead atoms. The van der Waals surface area contributed by atoms with Crippen LogP contribution < -0.4 is 9.47 Å². The summed E-state index contributed by atoms with van der Waals surface area (Å²) in [4.78, 5) is 15.0. The Bertz CT molecular complexity index is 2910. The first-order valence-corrected chi connectivity index (χ1v) is 18.2. The summed E-state index contributed by atoms with van der Waals surface area (Å²) < 4.78 is 15.4. The zero-order valence-electron chi connectivity index (χ0n) is 29.6. The summed E-state index contributed by atoms with van der Waals surface area (Å²) in [6.45, 7) is 4.53. The first kappa shape index (κ1) is 30.6. The Balaban J connectivity index is 0.982. The maximum Gasteiger partial charge on any atom is 0.170 e. The third kappa shape index (κ3) is 4.63. The summed E-state index contributed by atoms with van der Waals surface area (Å²) in [5.74, 6) is 4.41. The van der Waals surface area contributed by atoms with Gasteiger partial charge in [-0.05, 0) is 89.0 Å². The molecule has 0 radical (unpaired) electrons. The highest BCUT2D eigenvalue weighted by atomic mass is 16.6. The van der Waals surface area contributed by atoms with E-state index in [0.29, 0.717) is 40.5 Å². The van der Waals surface area contributed by atoms with Crippen molar-refractivity contribution in [3.63, 3.8) is 0 Å². The minimum atomic E-state index is -0.150. The standard InChI is InChI=1S/C48H32N4O2/c1-48(2)37-17-9-6-14-33(37)36-27-43-44(28-38(36)48)54-42-26-31(22-25-41(42)53-43)47-50-45(29-12-4-3-5-13-29)49-46(51-47)30-20-23-32(24-21-30)52-39-18-10-7-15-34(39)35-16-8-11-19-40(35)52/h3-28H,1-2H3. The maximum absolute atomic E-state index is 6.60. The van der Waals surface area contributed by atoms with Crippen molar-refractivity contribution in [1.82, 2.24) is 19.5 Å². The van der Waals surface area contributed by atoms with Gasteiger partial charge in [0.25, 0.3) is 0 Å². The number of fused-ring (bicyclic) bond motifs is 8. The number of hydrogen-bond donors (Lipinski definition) is 0. The van der Waals surface area contributed by atoms with Crippen LogP contribution in [0.1, 0.15) is 25.0 Å². The molecule has 54 heavy (non-hydrogen) atoms. The minimum absolute atomic E-state index is 0.150. The Hall–Kier alpha value is -7.05. The van der Waals surface area contributed by atoms with Crippen LogP contribution in [0.5, 0.6) is 23.0 Å². The zero-order chi connectivity index (χ0) is 36.0. The number of hydrogen-bond acceptors (Lipinski definition) is 5. The lowest BCUT2D eigenvalue weighted by Crippen LogP contribution is -2.15. The van der Waals surface area contributed by atoms with Crippen LogP contribution in [-0.2, 0) is 5.41 Å². The van der Waals surface area contributed by atoms with Crippen LogP contribution in [0.15, 0.2) is 158 Å². The van der Waals surface area contributed by atoms with E-state index in [-0.39, 0.29) is 5.41 Å². The van der Waals surface area contributed by atoms with Gasteiger partial charge in [0.1, 0.15) is 0 Å². The molecule has 0 amide bonds. The molecule has 1 aliphatic carbocycles. The molecular formula is C48H32N4O2. The van der Waals surface area contributed by atoms with E-state index in [1.165, 1.54) is 44.1 Å². The second kappa shape index (κ2) is 11.5. The highest BCUT2D eigenvalue weighted by Crippen LogP contribution is 2.55. The van der Waals surface area contributed by atoms with Crippen LogP contribution in [0.4, 0.5) is 0 Å². The number of ether oxygens (including phenoxy) is 2. The summed E-state index contributed by atoms with van der Waals surface area (Å²) in [5, 5.41) is 2.46. The van der Waals surface area contributed by atoms with Crippen molar-refractivity contribution in [2.24, 2.45) is 0 Å². The third-order valence-corrected chi connectivity index (χ3v) is 10.9. The molecule has 1 aliphatic heterocycles.